The van der Waals surface area contributed by atoms with E-state index < -0.39 is 27.4 Å². The predicted molar refractivity (Wildman–Crippen MR) is 128 cm³/mol. The van der Waals surface area contributed by atoms with Crippen molar-refractivity contribution in [1.29, 1.82) is 0 Å². The lowest BCUT2D eigenvalue weighted by Gasteiger charge is -2.34. The van der Waals surface area contributed by atoms with Crippen molar-refractivity contribution in [2.24, 2.45) is 11.8 Å². The van der Waals surface area contributed by atoms with E-state index >= 15 is 0 Å². The maximum Gasteiger partial charge on any atom is 0.311 e. The van der Waals surface area contributed by atoms with Crippen LogP contribution in [0, 0.1) is 11.8 Å². The number of halogens is 1. The summed E-state index contributed by atoms with van der Waals surface area (Å²) in [6, 6.07) is 6.21. The molecule has 3 fully saturated rings. The molecule has 1 aromatic rings. The number of nitrogens with zero attached hydrogens (tertiary/aromatic N) is 1. The first-order valence-corrected chi connectivity index (χ1v) is 12.8. The largest absolute Gasteiger partial charge is 0.466 e. The molecule has 3 aliphatic rings. The molecular formula is C24H31ClN2O5S. The van der Waals surface area contributed by atoms with E-state index in [1.54, 1.807) is 47.9 Å². The van der Waals surface area contributed by atoms with Crippen molar-refractivity contribution in [2.45, 2.75) is 61.5 Å². The van der Waals surface area contributed by atoms with Crippen LogP contribution >= 0.6 is 23.4 Å². The van der Waals surface area contributed by atoms with Crippen molar-refractivity contribution < 1.29 is 24.2 Å². The van der Waals surface area contributed by atoms with Crippen LogP contribution in [-0.4, -0.2) is 63.1 Å². The van der Waals surface area contributed by atoms with E-state index in [4.69, 9.17) is 21.4 Å². The van der Waals surface area contributed by atoms with Crippen LogP contribution in [0.4, 0.5) is 5.69 Å². The summed E-state index contributed by atoms with van der Waals surface area (Å²) in [5, 5.41) is 12.7. The number of esters is 1. The number of anilines is 1. The first-order chi connectivity index (χ1) is 15.8. The SMILES string of the molecule is CCOC(=O)[C@H]1[C@H]2C(=O)N(CCCCCO)C(C(=O)Nc3ccc(Cl)cc3)C23CC[C@]1(C)S3. The van der Waals surface area contributed by atoms with Crippen LogP contribution in [0.3, 0.4) is 0 Å². The maximum atomic E-state index is 13.8. The minimum absolute atomic E-state index is 0.0974. The third kappa shape index (κ3) is 4.15. The van der Waals surface area contributed by atoms with Crippen LogP contribution in [-0.2, 0) is 19.1 Å². The highest BCUT2D eigenvalue weighted by atomic mass is 35.5. The molecule has 3 heterocycles. The fraction of sp³-hybridized carbons (Fsp3) is 0.625. The summed E-state index contributed by atoms with van der Waals surface area (Å²) in [4.78, 5) is 42.1. The van der Waals surface area contributed by atoms with Crippen LogP contribution in [0.25, 0.3) is 0 Å². The van der Waals surface area contributed by atoms with Crippen molar-refractivity contribution in [3.63, 3.8) is 0 Å². The lowest BCUT2D eigenvalue weighted by atomic mass is 9.66. The number of rotatable bonds is 9. The van der Waals surface area contributed by atoms with Gasteiger partial charge in [-0.2, -0.15) is 0 Å². The summed E-state index contributed by atoms with van der Waals surface area (Å²) < 4.78 is 4.31. The van der Waals surface area contributed by atoms with Crippen molar-refractivity contribution in [2.75, 3.05) is 25.1 Å². The Morgan fingerprint density at radius 3 is 2.64 bits per heavy atom. The van der Waals surface area contributed by atoms with E-state index in [2.05, 4.69) is 5.32 Å². The van der Waals surface area contributed by atoms with Gasteiger partial charge in [0.15, 0.2) is 0 Å². The zero-order valence-corrected chi connectivity index (χ0v) is 20.6. The van der Waals surface area contributed by atoms with Crippen LogP contribution in [0.1, 0.15) is 46.0 Å². The monoisotopic (exact) mass is 494 g/mol. The second-order valence-electron chi connectivity index (χ2n) is 9.29. The molecular weight excluding hydrogens is 464 g/mol. The van der Waals surface area contributed by atoms with Gasteiger partial charge in [-0.1, -0.05) is 11.6 Å². The van der Waals surface area contributed by atoms with E-state index in [0.717, 1.165) is 12.8 Å². The molecule has 0 saturated carbocycles. The van der Waals surface area contributed by atoms with Gasteiger partial charge >= 0.3 is 5.97 Å². The molecule has 1 spiro atoms. The smallest absolute Gasteiger partial charge is 0.311 e. The van der Waals surface area contributed by atoms with E-state index in [9.17, 15) is 14.4 Å². The van der Waals surface area contributed by atoms with Gasteiger partial charge in [0, 0.05) is 28.6 Å². The first kappa shape index (κ1) is 24.4. The fourth-order valence-electron chi connectivity index (χ4n) is 5.87. The average Bonchev–Trinajstić information content (AvgIpc) is 3.34. The molecule has 1 aromatic carbocycles. The molecule has 2 N–H and O–H groups in total. The first-order valence-electron chi connectivity index (χ1n) is 11.6. The van der Waals surface area contributed by atoms with Gasteiger partial charge in [0.1, 0.15) is 6.04 Å². The van der Waals surface area contributed by atoms with E-state index in [1.807, 2.05) is 6.92 Å². The number of likely N-dealkylation sites (tertiary alicyclic amines) is 1. The Bertz CT molecular complexity index is 928. The Balaban J connectivity index is 1.67. The van der Waals surface area contributed by atoms with Crippen LogP contribution in [0.15, 0.2) is 24.3 Å². The Morgan fingerprint density at radius 2 is 1.97 bits per heavy atom. The molecule has 2 unspecified atom stereocenters. The van der Waals surface area contributed by atoms with Gasteiger partial charge in [-0.05, 0) is 70.2 Å². The number of ether oxygens (including phenoxy) is 1. The summed E-state index contributed by atoms with van der Waals surface area (Å²) in [6.07, 6.45) is 3.55. The summed E-state index contributed by atoms with van der Waals surface area (Å²) in [5.41, 5.74) is 0.614. The number of carbonyl (C=O) groups excluding carboxylic acids is 3. The Morgan fingerprint density at radius 1 is 1.24 bits per heavy atom. The number of hydrogen-bond acceptors (Lipinski definition) is 6. The zero-order valence-electron chi connectivity index (χ0n) is 19.0. The zero-order chi connectivity index (χ0) is 23.8. The molecule has 5 atom stereocenters. The molecule has 2 amide bonds. The minimum Gasteiger partial charge on any atom is -0.466 e. The van der Waals surface area contributed by atoms with Crippen LogP contribution < -0.4 is 5.32 Å². The Hall–Kier alpha value is -1.77. The molecule has 3 aliphatic heterocycles. The molecule has 180 valence electrons. The molecule has 0 aliphatic carbocycles. The highest BCUT2D eigenvalue weighted by Gasteiger charge is 2.77. The van der Waals surface area contributed by atoms with Gasteiger partial charge < -0.3 is 20.1 Å². The van der Waals surface area contributed by atoms with Crippen molar-refractivity contribution >= 4 is 46.8 Å². The number of carbonyl (C=O) groups is 3. The third-order valence-corrected chi connectivity index (χ3v) is 9.47. The predicted octanol–water partition coefficient (Wildman–Crippen LogP) is 3.49. The van der Waals surface area contributed by atoms with Gasteiger partial charge in [0.05, 0.1) is 23.2 Å². The van der Waals surface area contributed by atoms with Gasteiger partial charge in [0.2, 0.25) is 11.8 Å². The molecule has 0 aromatic heterocycles. The fourth-order valence-corrected chi connectivity index (χ4v) is 8.34. The van der Waals surface area contributed by atoms with Gasteiger partial charge in [0.25, 0.3) is 0 Å². The highest BCUT2D eigenvalue weighted by Crippen LogP contribution is 2.71. The van der Waals surface area contributed by atoms with Crippen LogP contribution in [0.5, 0.6) is 0 Å². The van der Waals surface area contributed by atoms with E-state index in [0.29, 0.717) is 36.5 Å². The summed E-state index contributed by atoms with van der Waals surface area (Å²) >= 11 is 7.61. The van der Waals surface area contributed by atoms with Gasteiger partial charge in [-0.3, -0.25) is 14.4 Å². The average molecular weight is 495 g/mol. The standard InChI is InChI=1S/C24H31ClN2O5S/c1-3-32-22(31)18-17-21(30)27(13-5-4-6-14-28)19(24(17)12-11-23(18,2)33-24)20(29)26-16-9-7-15(25)8-10-16/h7-10,17-19,28H,3-6,11-14H2,1-2H3,(H,26,29)/t17-,18+,19?,23-,24?/m0/s1. The number of thioether (sulfide) groups is 1. The van der Waals surface area contributed by atoms with Crippen LogP contribution in [0.2, 0.25) is 5.02 Å². The number of aliphatic hydroxyl groups excluding tert-OH is 1. The number of nitrogens with one attached hydrogen (secondary N) is 1. The number of unbranched alkanes of at least 4 members (excludes halogenated alkanes) is 2. The molecule has 7 nitrogen and oxygen atoms in total. The van der Waals surface area contributed by atoms with Crippen molar-refractivity contribution in [3.8, 4) is 0 Å². The maximum absolute atomic E-state index is 13.8. The molecule has 3 saturated heterocycles. The second kappa shape index (κ2) is 9.47. The summed E-state index contributed by atoms with van der Waals surface area (Å²) in [7, 11) is 0. The summed E-state index contributed by atoms with van der Waals surface area (Å²) in [5.74, 6) is -1.84. The lowest BCUT2D eigenvalue weighted by molar-refractivity contribution is -0.155. The van der Waals surface area contributed by atoms with E-state index in [1.165, 1.54) is 0 Å². The lowest BCUT2D eigenvalue weighted by Crippen LogP contribution is -2.51. The Labute approximate surface area is 203 Å². The van der Waals surface area contributed by atoms with Crippen molar-refractivity contribution in [1.82, 2.24) is 4.90 Å². The number of aliphatic hydroxyl groups is 1. The van der Waals surface area contributed by atoms with Gasteiger partial charge in [-0.25, -0.2) is 0 Å². The number of benzene rings is 1. The Kier molecular flexibility index (Phi) is 6.99. The van der Waals surface area contributed by atoms with Crippen molar-refractivity contribution in [3.05, 3.63) is 29.3 Å². The molecule has 4 rings (SSSR count). The highest BCUT2D eigenvalue weighted by molar-refractivity contribution is 8.02. The molecule has 2 bridgehead atoms. The molecule has 33 heavy (non-hydrogen) atoms. The minimum atomic E-state index is -0.675. The third-order valence-electron chi connectivity index (χ3n) is 7.23. The second-order valence-corrected chi connectivity index (χ2v) is 11.6. The van der Waals surface area contributed by atoms with Gasteiger partial charge in [-0.15, -0.1) is 11.8 Å². The number of hydrogen-bond donors (Lipinski definition) is 2. The molecule has 9 heteroatoms. The summed E-state index contributed by atoms with van der Waals surface area (Å²) in [6.45, 7) is 4.57. The quantitative estimate of drug-likeness (QED) is 0.403. The van der Waals surface area contributed by atoms with E-state index in [-0.39, 0.29) is 31.0 Å². The topological polar surface area (TPSA) is 95.9 Å². The number of fused-ring (bicyclic) bond motifs is 1. The molecule has 0 radical (unpaired) electrons. The number of amides is 2. The normalized spacial score (nSPS) is 32.2.